The Hall–Kier alpha value is -4.21. The van der Waals surface area contributed by atoms with E-state index in [4.69, 9.17) is 18.6 Å². The maximum atomic E-state index is 12.7. The zero-order valence-electron chi connectivity index (χ0n) is 19.3. The predicted octanol–water partition coefficient (Wildman–Crippen LogP) is 2.58. The number of methoxy groups -OCH3 is 3. The largest absolute Gasteiger partial charge is 0.493 e. The van der Waals surface area contributed by atoms with Crippen molar-refractivity contribution in [3.05, 3.63) is 47.7 Å². The molecule has 2 heterocycles. The molecule has 178 valence electrons. The lowest BCUT2D eigenvalue weighted by Gasteiger charge is -2.20. The average Bonchev–Trinajstić information content (AvgIpc) is 3.41. The minimum atomic E-state index is -0.663. The van der Waals surface area contributed by atoms with Gasteiger partial charge in [0, 0.05) is 36.0 Å². The van der Waals surface area contributed by atoms with Crippen molar-refractivity contribution in [1.29, 1.82) is 0 Å². The third-order valence-corrected chi connectivity index (χ3v) is 5.81. The minimum absolute atomic E-state index is 0.0119. The van der Waals surface area contributed by atoms with Crippen LogP contribution in [0.2, 0.25) is 0 Å². The number of hydrogen-bond donors (Lipinski definition) is 2. The van der Waals surface area contributed by atoms with Crippen LogP contribution in [-0.2, 0) is 9.59 Å². The maximum absolute atomic E-state index is 12.7. The molecule has 1 aliphatic heterocycles. The van der Waals surface area contributed by atoms with Crippen LogP contribution in [0.4, 0.5) is 5.69 Å². The molecule has 2 aromatic carbocycles. The Bertz CT molecular complexity index is 1240. The summed E-state index contributed by atoms with van der Waals surface area (Å²) in [5, 5.41) is 0.821. The van der Waals surface area contributed by atoms with Gasteiger partial charge in [0.15, 0.2) is 17.3 Å². The number of fused-ring (bicyclic) bond motifs is 1. The number of anilines is 1. The fourth-order valence-corrected chi connectivity index (χ4v) is 4.02. The third-order valence-electron chi connectivity index (χ3n) is 5.81. The molecule has 0 radical (unpaired) electrons. The van der Waals surface area contributed by atoms with E-state index in [1.54, 1.807) is 25.1 Å². The highest BCUT2D eigenvalue weighted by Gasteiger charge is 2.36. The van der Waals surface area contributed by atoms with Crippen molar-refractivity contribution in [2.45, 2.75) is 13.3 Å². The van der Waals surface area contributed by atoms with Crippen molar-refractivity contribution in [3.8, 4) is 17.2 Å². The van der Waals surface area contributed by atoms with Crippen LogP contribution in [0.15, 0.2) is 40.8 Å². The van der Waals surface area contributed by atoms with Gasteiger partial charge in [-0.15, -0.1) is 0 Å². The highest BCUT2D eigenvalue weighted by atomic mass is 16.5. The van der Waals surface area contributed by atoms with E-state index in [-0.39, 0.29) is 24.6 Å². The smallest absolute Gasteiger partial charge is 0.305 e. The molecule has 34 heavy (non-hydrogen) atoms. The molecule has 0 spiro atoms. The summed E-state index contributed by atoms with van der Waals surface area (Å²) in [6, 6.07) is 10.6. The number of ether oxygens (including phenoxy) is 3. The van der Waals surface area contributed by atoms with Gasteiger partial charge in [-0.05, 0) is 13.0 Å². The standard InChI is InChI=1S/C24H25N3O7/c1-13-16-7-5-6-8-17(16)34-21(13)24(30)26-25-23(29)14-9-20(28)27(12-14)15-10-18(31-2)22(33-4)19(11-15)32-3/h5-8,10-11,14H,9,12H2,1-4H3,(H,25,29)(H,26,30). The topological polar surface area (TPSA) is 119 Å². The molecule has 1 aliphatic rings. The number of carbonyl (C=O) groups is 3. The molecule has 2 N–H and O–H groups in total. The van der Waals surface area contributed by atoms with Crippen LogP contribution >= 0.6 is 0 Å². The Labute approximate surface area is 195 Å². The van der Waals surface area contributed by atoms with Crippen LogP contribution in [0, 0.1) is 12.8 Å². The quantitative estimate of drug-likeness (QED) is 0.535. The zero-order valence-corrected chi connectivity index (χ0v) is 19.3. The summed E-state index contributed by atoms with van der Waals surface area (Å²) in [6.45, 7) is 1.90. The second-order valence-electron chi connectivity index (χ2n) is 7.78. The Balaban J connectivity index is 1.44. The van der Waals surface area contributed by atoms with E-state index in [1.807, 2.05) is 18.2 Å². The zero-order chi connectivity index (χ0) is 24.4. The highest BCUT2D eigenvalue weighted by molar-refractivity contribution is 6.02. The Kier molecular flexibility index (Phi) is 6.31. The maximum Gasteiger partial charge on any atom is 0.305 e. The number of carbonyl (C=O) groups excluding carboxylic acids is 3. The van der Waals surface area contributed by atoms with Crippen LogP contribution in [0.5, 0.6) is 17.2 Å². The lowest BCUT2D eigenvalue weighted by Crippen LogP contribution is -2.45. The first-order valence-electron chi connectivity index (χ1n) is 10.6. The van der Waals surface area contributed by atoms with Gasteiger partial charge >= 0.3 is 5.91 Å². The number of aryl methyl sites for hydroxylation is 1. The lowest BCUT2D eigenvalue weighted by atomic mass is 10.1. The fourth-order valence-electron chi connectivity index (χ4n) is 4.02. The minimum Gasteiger partial charge on any atom is -0.493 e. The number of furan rings is 1. The van der Waals surface area contributed by atoms with Crippen molar-refractivity contribution in [1.82, 2.24) is 10.9 Å². The first kappa shape index (κ1) is 23.0. The predicted molar refractivity (Wildman–Crippen MR) is 123 cm³/mol. The van der Waals surface area contributed by atoms with E-state index in [2.05, 4.69) is 10.9 Å². The molecule has 4 rings (SSSR count). The number of nitrogens with zero attached hydrogens (tertiary/aromatic N) is 1. The molecule has 0 aliphatic carbocycles. The first-order chi connectivity index (χ1) is 16.4. The number of rotatable bonds is 6. The van der Waals surface area contributed by atoms with E-state index in [0.717, 1.165) is 5.39 Å². The molecule has 0 bridgehead atoms. The molecular formula is C24H25N3O7. The molecule has 1 aromatic heterocycles. The van der Waals surface area contributed by atoms with Gasteiger partial charge in [-0.2, -0.15) is 0 Å². The lowest BCUT2D eigenvalue weighted by molar-refractivity contribution is -0.126. The van der Waals surface area contributed by atoms with Crippen LogP contribution in [0.1, 0.15) is 22.5 Å². The van der Waals surface area contributed by atoms with E-state index in [1.165, 1.54) is 26.2 Å². The number of hydrogen-bond acceptors (Lipinski definition) is 7. The van der Waals surface area contributed by atoms with Crippen molar-refractivity contribution < 1.29 is 33.0 Å². The second-order valence-corrected chi connectivity index (χ2v) is 7.78. The molecular weight excluding hydrogens is 442 g/mol. The van der Waals surface area contributed by atoms with E-state index in [0.29, 0.717) is 34.1 Å². The molecule has 10 heteroatoms. The molecule has 1 atom stereocenters. The van der Waals surface area contributed by atoms with Crippen LogP contribution in [-0.4, -0.2) is 45.6 Å². The van der Waals surface area contributed by atoms with E-state index in [9.17, 15) is 14.4 Å². The van der Waals surface area contributed by atoms with E-state index >= 15 is 0 Å². The molecule has 1 fully saturated rings. The number of amides is 3. The Morgan fingerprint density at radius 1 is 1.03 bits per heavy atom. The third kappa shape index (κ3) is 4.09. The van der Waals surface area contributed by atoms with Gasteiger partial charge in [0.05, 0.1) is 32.9 Å². The van der Waals surface area contributed by atoms with Crippen molar-refractivity contribution in [2.24, 2.45) is 5.92 Å². The van der Waals surface area contributed by atoms with Crippen molar-refractivity contribution in [2.75, 3.05) is 32.8 Å². The van der Waals surface area contributed by atoms with Gasteiger partial charge < -0.3 is 23.5 Å². The van der Waals surface area contributed by atoms with Gasteiger partial charge in [0.25, 0.3) is 0 Å². The SMILES string of the molecule is COc1cc(N2CC(C(=O)NNC(=O)c3oc4ccccc4c3C)CC2=O)cc(OC)c1OC. The molecule has 0 saturated carbocycles. The number of benzene rings is 2. The average molecular weight is 467 g/mol. The van der Waals surface area contributed by atoms with Crippen molar-refractivity contribution in [3.63, 3.8) is 0 Å². The molecule has 1 unspecified atom stereocenters. The van der Waals surface area contributed by atoms with Gasteiger partial charge in [-0.25, -0.2) is 0 Å². The van der Waals surface area contributed by atoms with E-state index < -0.39 is 17.7 Å². The molecule has 1 saturated heterocycles. The summed E-state index contributed by atoms with van der Waals surface area (Å²) in [7, 11) is 4.45. The summed E-state index contributed by atoms with van der Waals surface area (Å²) < 4.78 is 21.6. The van der Waals surface area contributed by atoms with Gasteiger partial charge in [-0.3, -0.25) is 25.2 Å². The second kappa shape index (κ2) is 9.34. The monoisotopic (exact) mass is 467 g/mol. The summed E-state index contributed by atoms with van der Waals surface area (Å²) in [4.78, 5) is 39.4. The van der Waals surface area contributed by atoms with Crippen LogP contribution in [0.25, 0.3) is 11.0 Å². The highest BCUT2D eigenvalue weighted by Crippen LogP contribution is 2.42. The summed E-state index contributed by atoms with van der Waals surface area (Å²) >= 11 is 0. The summed E-state index contributed by atoms with van der Waals surface area (Å²) in [6.07, 6.45) is -0.0119. The number of para-hydroxylation sites is 1. The number of hydrazine groups is 1. The first-order valence-corrected chi connectivity index (χ1v) is 10.6. The molecule has 3 aromatic rings. The Morgan fingerprint density at radius 2 is 1.71 bits per heavy atom. The molecule has 10 nitrogen and oxygen atoms in total. The Morgan fingerprint density at radius 3 is 2.32 bits per heavy atom. The summed E-state index contributed by atoms with van der Waals surface area (Å²) in [5.41, 5.74) is 6.55. The molecule has 3 amide bonds. The van der Waals surface area contributed by atoms with Gasteiger partial charge in [-0.1, -0.05) is 18.2 Å². The summed E-state index contributed by atoms with van der Waals surface area (Å²) in [5.74, 6) is -0.658. The van der Waals surface area contributed by atoms with Gasteiger partial charge in [0.2, 0.25) is 17.6 Å². The van der Waals surface area contributed by atoms with Crippen molar-refractivity contribution >= 4 is 34.4 Å². The van der Waals surface area contributed by atoms with Crippen LogP contribution in [0.3, 0.4) is 0 Å². The fraction of sp³-hybridized carbons (Fsp3) is 0.292. The van der Waals surface area contributed by atoms with Crippen LogP contribution < -0.4 is 30.0 Å². The van der Waals surface area contributed by atoms with Gasteiger partial charge in [0.1, 0.15) is 5.58 Å². The normalized spacial score (nSPS) is 15.4. The number of nitrogens with one attached hydrogen (secondary N) is 2.